The first-order chi connectivity index (χ1) is 20.2. The van der Waals surface area contributed by atoms with Gasteiger partial charge >= 0.3 is 5.97 Å². The summed E-state index contributed by atoms with van der Waals surface area (Å²) < 4.78 is 16.1. The lowest BCUT2D eigenvalue weighted by atomic mass is 9.91. The second-order valence-corrected chi connectivity index (χ2v) is 10.1. The fourth-order valence-electron chi connectivity index (χ4n) is 3.84. The van der Waals surface area contributed by atoms with Crippen molar-refractivity contribution in [2.75, 3.05) is 60.0 Å². The summed E-state index contributed by atoms with van der Waals surface area (Å²) in [7, 11) is 1.18. The van der Waals surface area contributed by atoms with Crippen molar-refractivity contribution in [3.8, 4) is 0 Å². The molecule has 0 saturated heterocycles. The molecule has 0 unspecified atom stereocenters. The number of methoxy groups -OCH3 is 1. The zero-order valence-corrected chi connectivity index (χ0v) is 23.6. The van der Waals surface area contributed by atoms with Crippen molar-refractivity contribution >= 4 is 11.5 Å². The van der Waals surface area contributed by atoms with E-state index in [0.29, 0.717) is 16.7 Å². The highest BCUT2D eigenvalue weighted by atomic mass is 17.1. The molecule has 2 rings (SSSR count). The number of esters is 1. The number of carbonyl (C=O) groups excluding carboxylic acids is 1. The van der Waals surface area contributed by atoms with Crippen molar-refractivity contribution in [3.05, 3.63) is 88.7 Å². The summed E-state index contributed by atoms with van der Waals surface area (Å²) in [6.07, 6.45) is 0. The number of ether oxygens (including phenoxy) is 3. The lowest BCUT2D eigenvalue weighted by Gasteiger charge is -2.26. The Hall–Kier alpha value is -3.17. The minimum absolute atomic E-state index is 0.0688. The van der Waals surface area contributed by atoms with E-state index in [1.807, 2.05) is 0 Å². The van der Waals surface area contributed by atoms with Gasteiger partial charge in [-0.15, -0.1) is 0 Å². The van der Waals surface area contributed by atoms with E-state index in [1.54, 1.807) is 48.5 Å². The summed E-state index contributed by atoms with van der Waals surface area (Å²) >= 11 is 0. The number of benzene rings is 2. The fraction of sp³-hybridized carbons (Fsp3) is 0.433. The summed E-state index contributed by atoms with van der Waals surface area (Å²) in [5.41, 5.74) is 0.473. The summed E-state index contributed by atoms with van der Waals surface area (Å²) in [4.78, 5) is 17.1. The molecule has 0 amide bonds. The highest BCUT2D eigenvalue weighted by Crippen LogP contribution is 2.32. The molecule has 0 aromatic heterocycles. The van der Waals surface area contributed by atoms with E-state index in [2.05, 4.69) is 11.5 Å². The zero-order valence-electron chi connectivity index (χ0n) is 23.6. The molecule has 0 bridgehead atoms. The van der Waals surface area contributed by atoms with Gasteiger partial charge in [0.1, 0.15) is 5.57 Å². The molecule has 0 saturated carbocycles. The summed E-state index contributed by atoms with van der Waals surface area (Å²) in [6.45, 7) is 1.07. The van der Waals surface area contributed by atoms with Crippen molar-refractivity contribution < 1.29 is 59.8 Å². The Labute approximate surface area is 244 Å². The molecule has 0 spiro atoms. The molecule has 0 atom stereocenters. The van der Waals surface area contributed by atoms with Crippen molar-refractivity contribution in [2.24, 2.45) is 10.8 Å². The van der Waals surface area contributed by atoms with Crippen LogP contribution < -0.4 is 0 Å². The van der Waals surface area contributed by atoms with Gasteiger partial charge in [0.15, 0.2) is 5.76 Å². The second kappa shape index (κ2) is 17.1. The van der Waals surface area contributed by atoms with E-state index < -0.39 is 56.4 Å². The first-order valence-electron chi connectivity index (χ1n) is 13.0. The third-order valence-electron chi connectivity index (χ3n) is 6.88. The van der Waals surface area contributed by atoms with Crippen molar-refractivity contribution in [2.45, 2.75) is 13.2 Å². The average Bonchev–Trinajstić information content (AvgIpc) is 3.04. The Bertz CT molecular complexity index is 1040. The highest BCUT2D eigenvalue weighted by Gasteiger charge is 2.29. The molecule has 7 N–H and O–H groups in total. The van der Waals surface area contributed by atoms with Crippen molar-refractivity contribution in [3.63, 3.8) is 0 Å². The molecular weight excluding hydrogens is 552 g/mol. The molecule has 0 radical (unpaired) electrons. The minimum atomic E-state index is -1.16. The number of aliphatic hydroxyl groups excluding tert-OH is 6. The van der Waals surface area contributed by atoms with Gasteiger partial charge < -0.3 is 49.7 Å². The van der Waals surface area contributed by atoms with Crippen LogP contribution in [0.2, 0.25) is 0 Å². The Kier molecular flexibility index (Phi) is 14.2. The first kappa shape index (κ1) is 35.0. The van der Waals surface area contributed by atoms with E-state index in [-0.39, 0.29) is 37.8 Å². The first-order valence-corrected chi connectivity index (χ1v) is 13.0. The molecule has 0 aliphatic carbocycles. The number of carbonyl (C=O) groups is 1. The molecule has 0 fully saturated rings. The smallest absolute Gasteiger partial charge is 0.342 e. The van der Waals surface area contributed by atoms with Crippen LogP contribution in [0.4, 0.5) is 0 Å². The number of hydrogen-bond donors (Lipinski definition) is 7. The third kappa shape index (κ3) is 8.91. The maximum absolute atomic E-state index is 12.8. The quantitative estimate of drug-likeness (QED) is 0.0301. The minimum Gasteiger partial charge on any atom is -0.465 e. The molecule has 2 aromatic carbocycles. The van der Waals surface area contributed by atoms with Gasteiger partial charge in [-0.25, -0.2) is 10.1 Å². The van der Waals surface area contributed by atoms with Crippen LogP contribution in [0.5, 0.6) is 0 Å². The third-order valence-corrected chi connectivity index (χ3v) is 6.88. The maximum atomic E-state index is 12.8. The van der Waals surface area contributed by atoms with Gasteiger partial charge in [0.05, 0.1) is 84.0 Å². The van der Waals surface area contributed by atoms with Crippen LogP contribution in [0.25, 0.3) is 5.57 Å². The molecule has 12 heteroatoms. The van der Waals surface area contributed by atoms with Crippen molar-refractivity contribution in [1.82, 2.24) is 0 Å². The molecule has 12 nitrogen and oxygen atoms in total. The summed E-state index contributed by atoms with van der Waals surface area (Å²) in [5, 5.41) is 66.2. The second-order valence-electron chi connectivity index (χ2n) is 10.1. The molecule has 42 heavy (non-hydrogen) atoms. The maximum Gasteiger partial charge on any atom is 0.342 e. The van der Waals surface area contributed by atoms with E-state index >= 15 is 0 Å². The van der Waals surface area contributed by atoms with Gasteiger partial charge in [-0.2, -0.15) is 0 Å². The van der Waals surface area contributed by atoms with E-state index in [1.165, 1.54) is 7.11 Å². The monoisotopic (exact) mass is 592 g/mol. The number of rotatable bonds is 19. The van der Waals surface area contributed by atoms with Crippen LogP contribution in [0.3, 0.4) is 0 Å². The van der Waals surface area contributed by atoms with Crippen molar-refractivity contribution in [1.29, 1.82) is 0 Å². The van der Waals surface area contributed by atoms with Gasteiger partial charge in [-0.1, -0.05) is 55.1 Å². The van der Waals surface area contributed by atoms with Crippen LogP contribution in [-0.2, 0) is 37.1 Å². The molecule has 232 valence electrons. The molecule has 0 aliphatic heterocycles. The van der Waals surface area contributed by atoms with Crippen LogP contribution >= 0.6 is 0 Å². The van der Waals surface area contributed by atoms with Gasteiger partial charge in [0, 0.05) is 5.57 Å². The number of aliphatic hydroxyl groups is 6. The van der Waals surface area contributed by atoms with Gasteiger partial charge in [-0.05, 0) is 22.3 Å². The summed E-state index contributed by atoms with van der Waals surface area (Å²) in [6, 6.07) is 13.8. The molecular formula is C30H40O12. The van der Waals surface area contributed by atoms with Crippen LogP contribution in [0.1, 0.15) is 22.3 Å². The van der Waals surface area contributed by atoms with Crippen LogP contribution in [0.15, 0.2) is 66.4 Å². The van der Waals surface area contributed by atoms with Gasteiger partial charge in [0.25, 0.3) is 0 Å². The number of hydrogen-bond acceptors (Lipinski definition) is 12. The Morgan fingerprint density at radius 2 is 1.05 bits per heavy atom. The lowest BCUT2D eigenvalue weighted by Crippen LogP contribution is -2.38. The van der Waals surface area contributed by atoms with Gasteiger partial charge in [-0.3, -0.25) is 0 Å². The molecule has 0 heterocycles. The average molecular weight is 593 g/mol. The van der Waals surface area contributed by atoms with Gasteiger partial charge in [0.2, 0.25) is 0 Å². The van der Waals surface area contributed by atoms with E-state index in [9.17, 15) is 40.7 Å². The Balaban J connectivity index is 2.36. The highest BCUT2D eigenvalue weighted by molar-refractivity contribution is 6.05. The summed E-state index contributed by atoms with van der Waals surface area (Å²) in [5.74, 6) is -1.14. The Morgan fingerprint density at radius 1 is 0.690 bits per heavy atom. The molecule has 2 aromatic rings. The van der Waals surface area contributed by atoms with Crippen LogP contribution in [0, 0.1) is 10.8 Å². The predicted molar refractivity (Wildman–Crippen MR) is 150 cm³/mol. The normalized spacial score (nSPS) is 11.7. The van der Waals surface area contributed by atoms with Crippen LogP contribution in [-0.4, -0.2) is 102 Å². The van der Waals surface area contributed by atoms with E-state index in [0.717, 1.165) is 11.1 Å². The predicted octanol–water partition coefficient (Wildman–Crippen LogP) is 0.625. The SMILES string of the molecule is C=C(OO)C(C(=O)OC)=C(c1ccc(COCC(CO)(CO)CO)cc1)c1ccc(COCC(CO)(CO)CO)cc1. The standard InChI is InChI=1S/C30H40O12/c1-21(42-38)26(28(37)39-2)27(24-7-3-22(4-8-24)11-40-19-29(13-31,14-32)15-33)25-9-5-23(6-10-25)12-41-20-30(16-34,17-35)18-36/h3-10,31-36,38H,1,11-20H2,2H3. The topological polar surface area (TPSA) is 196 Å². The largest absolute Gasteiger partial charge is 0.465 e. The Morgan fingerprint density at radius 3 is 1.33 bits per heavy atom. The molecule has 0 aliphatic rings. The fourth-order valence-corrected chi connectivity index (χ4v) is 3.84. The lowest BCUT2D eigenvalue weighted by molar-refractivity contribution is -0.200. The van der Waals surface area contributed by atoms with E-state index in [4.69, 9.17) is 14.2 Å². The zero-order chi connectivity index (χ0) is 31.2.